The van der Waals surface area contributed by atoms with Gasteiger partial charge in [-0.15, -0.1) is 0 Å². The molecular weight excluding hydrogens is 395 g/mol. The van der Waals surface area contributed by atoms with Crippen LogP contribution in [0.25, 0.3) is 0 Å². The lowest BCUT2D eigenvalue weighted by Crippen LogP contribution is -2.62. The summed E-state index contributed by atoms with van der Waals surface area (Å²) in [4.78, 5) is 12.3. The van der Waals surface area contributed by atoms with Crippen LogP contribution in [0.5, 0.6) is 0 Å². The number of hydrogen-bond donors (Lipinski definition) is 0. The Morgan fingerprint density at radius 3 is 1.86 bits per heavy atom. The van der Waals surface area contributed by atoms with Crippen molar-refractivity contribution in [3.05, 3.63) is 12.7 Å². The molecule has 0 fully saturated rings. The maximum atomic E-state index is 12.6. The third-order valence-electron chi connectivity index (χ3n) is 4.01. The molecule has 0 bridgehead atoms. The van der Waals surface area contributed by atoms with Crippen LogP contribution >= 0.6 is 8.46 Å². The summed E-state index contributed by atoms with van der Waals surface area (Å²) < 4.78 is 42.6. The Hall–Kier alpha value is -0.690. The highest BCUT2D eigenvalue weighted by Gasteiger charge is 2.60. The van der Waals surface area contributed by atoms with E-state index in [0.29, 0.717) is 45.5 Å². The summed E-state index contributed by atoms with van der Waals surface area (Å²) in [6.07, 6.45) is 3.50. The van der Waals surface area contributed by atoms with E-state index in [2.05, 4.69) is 6.58 Å². The lowest BCUT2D eigenvalue weighted by Gasteiger charge is -2.45. The van der Waals surface area contributed by atoms with Gasteiger partial charge in [-0.3, -0.25) is 9.36 Å². The number of carbonyl (C=O) groups excluding carboxylic acids is 1. The first-order valence-corrected chi connectivity index (χ1v) is 11.5. The van der Waals surface area contributed by atoms with Gasteiger partial charge >= 0.3 is 5.53 Å². The Balaban J connectivity index is 6.30. The molecule has 170 valence electrons. The van der Waals surface area contributed by atoms with E-state index in [1.807, 2.05) is 27.7 Å². The van der Waals surface area contributed by atoms with E-state index in [1.165, 1.54) is 6.08 Å². The Morgan fingerprint density at radius 1 is 0.931 bits per heavy atom. The number of hydrogen-bond acceptors (Lipinski definition) is 7. The average molecular weight is 435 g/mol. The lowest BCUT2D eigenvalue weighted by atomic mass is 10.1. The van der Waals surface area contributed by atoms with Crippen LogP contribution in [-0.4, -0.2) is 56.2 Å². The van der Waals surface area contributed by atoms with Crippen LogP contribution in [0, 0.1) is 0 Å². The second-order valence-corrected chi connectivity index (χ2v) is 7.42. The molecule has 2 unspecified atom stereocenters. The molecule has 0 saturated heterocycles. The van der Waals surface area contributed by atoms with Crippen LogP contribution < -0.4 is 0 Å². The van der Waals surface area contributed by atoms with Crippen LogP contribution in [0.4, 0.5) is 0 Å². The first-order chi connectivity index (χ1) is 14.0. The summed E-state index contributed by atoms with van der Waals surface area (Å²) in [6.45, 7) is 14.5. The molecule has 29 heavy (non-hydrogen) atoms. The number of ketones is 1. The summed E-state index contributed by atoms with van der Waals surface area (Å²) in [5.41, 5.74) is -1.86. The monoisotopic (exact) mass is 434 g/mol. The summed E-state index contributed by atoms with van der Waals surface area (Å²) in [5.74, 6) is -1.92. The van der Waals surface area contributed by atoms with E-state index < -0.39 is 25.9 Å². The number of rotatable bonds is 20. The van der Waals surface area contributed by atoms with Crippen molar-refractivity contribution >= 4 is 14.2 Å². The van der Waals surface area contributed by atoms with Gasteiger partial charge in [0.15, 0.2) is 5.78 Å². The molecule has 0 aliphatic carbocycles. The van der Waals surface area contributed by atoms with E-state index >= 15 is 0 Å². The Kier molecular flexibility index (Phi) is 15.7. The Labute approximate surface area is 177 Å². The van der Waals surface area contributed by atoms with E-state index in [4.69, 9.17) is 23.7 Å². The zero-order valence-corrected chi connectivity index (χ0v) is 19.6. The zero-order valence-electron chi connectivity index (χ0n) is 18.7. The van der Waals surface area contributed by atoms with Gasteiger partial charge in [-0.25, -0.2) is 0 Å². The van der Waals surface area contributed by atoms with Crippen molar-refractivity contribution < 1.29 is 33.0 Å². The second kappa shape index (κ2) is 16.1. The topological polar surface area (TPSA) is 80.3 Å². The molecule has 2 atom stereocenters. The summed E-state index contributed by atoms with van der Waals surface area (Å²) in [5, 5.41) is 0. The SMILES string of the molecule is C=CC(=O)C(CC)OC(OCCC)(P=O)C(COCCC)(OCCC)OCCC. The second-order valence-electron chi connectivity index (χ2n) is 6.65. The first kappa shape index (κ1) is 28.3. The van der Waals surface area contributed by atoms with Crippen LogP contribution in [0.15, 0.2) is 12.7 Å². The van der Waals surface area contributed by atoms with Gasteiger partial charge in [-0.05, 0) is 38.2 Å². The highest BCUT2D eigenvalue weighted by Crippen LogP contribution is 2.43. The lowest BCUT2D eigenvalue weighted by molar-refractivity contribution is -0.389. The smallest absolute Gasteiger partial charge is 0.310 e. The normalized spacial score (nSPS) is 15.2. The van der Waals surface area contributed by atoms with Gasteiger partial charge in [-0.1, -0.05) is 41.2 Å². The van der Waals surface area contributed by atoms with Gasteiger partial charge in [-0.2, -0.15) is 0 Å². The maximum Gasteiger partial charge on any atom is 0.310 e. The van der Waals surface area contributed by atoms with Crippen molar-refractivity contribution in [3.8, 4) is 0 Å². The summed E-state index contributed by atoms with van der Waals surface area (Å²) in [6, 6.07) is 0. The third-order valence-corrected chi connectivity index (χ3v) is 4.83. The third kappa shape index (κ3) is 8.52. The minimum atomic E-state index is -1.86. The molecule has 0 amide bonds. The van der Waals surface area contributed by atoms with Crippen LogP contribution in [0.1, 0.15) is 66.7 Å². The van der Waals surface area contributed by atoms with Gasteiger partial charge in [0.25, 0.3) is 5.79 Å². The van der Waals surface area contributed by atoms with Crippen molar-refractivity contribution in [1.82, 2.24) is 0 Å². The molecule has 0 aliphatic rings. The largest absolute Gasteiger partial charge is 0.376 e. The van der Waals surface area contributed by atoms with E-state index in [9.17, 15) is 9.36 Å². The predicted octanol–water partition coefficient (Wildman–Crippen LogP) is 4.88. The number of carbonyl (C=O) groups is 1. The fourth-order valence-corrected chi connectivity index (χ4v) is 3.19. The molecule has 0 radical (unpaired) electrons. The molecule has 0 spiro atoms. The van der Waals surface area contributed by atoms with E-state index in [1.54, 1.807) is 6.92 Å². The average Bonchev–Trinajstić information content (AvgIpc) is 2.75. The zero-order chi connectivity index (χ0) is 22.2. The van der Waals surface area contributed by atoms with Crippen molar-refractivity contribution in [3.63, 3.8) is 0 Å². The molecule has 7 nitrogen and oxygen atoms in total. The standard InChI is InChI=1S/C21H39O7P/c1-7-13-24-17-20(25-14-8-2,26-15-9-3)21(29-23,27-16-10-4)28-19(12-6)18(22)11-5/h11,19H,5,7-10,12-17H2,1-4,6H3. The van der Waals surface area contributed by atoms with Gasteiger partial charge < -0.3 is 23.7 Å². The van der Waals surface area contributed by atoms with Crippen LogP contribution in [-0.2, 0) is 33.0 Å². The molecule has 0 aromatic rings. The van der Waals surface area contributed by atoms with Gasteiger partial charge in [0.1, 0.15) is 12.7 Å². The van der Waals surface area contributed by atoms with Crippen molar-refractivity contribution in [2.24, 2.45) is 0 Å². The minimum Gasteiger partial charge on any atom is -0.376 e. The van der Waals surface area contributed by atoms with E-state index in [0.717, 1.165) is 6.42 Å². The fourth-order valence-electron chi connectivity index (χ4n) is 2.54. The van der Waals surface area contributed by atoms with Crippen molar-refractivity contribution in [1.29, 1.82) is 0 Å². The van der Waals surface area contributed by atoms with Crippen molar-refractivity contribution in [2.45, 2.75) is 84.1 Å². The molecule has 0 saturated carbocycles. The Morgan fingerprint density at radius 2 is 1.45 bits per heavy atom. The van der Waals surface area contributed by atoms with Crippen LogP contribution in [0.2, 0.25) is 0 Å². The molecule has 0 heterocycles. The summed E-state index contributed by atoms with van der Waals surface area (Å²) >= 11 is 0. The molecule has 0 aromatic carbocycles. The molecule has 8 heteroatoms. The molecule has 0 aromatic heterocycles. The van der Waals surface area contributed by atoms with Gasteiger partial charge in [0.2, 0.25) is 8.46 Å². The molecular formula is C21H39O7P. The molecule has 0 rings (SSSR count). The molecule has 0 aliphatic heterocycles. The van der Waals surface area contributed by atoms with E-state index in [-0.39, 0.29) is 19.0 Å². The highest BCUT2D eigenvalue weighted by atomic mass is 31.1. The van der Waals surface area contributed by atoms with Gasteiger partial charge in [0, 0.05) is 6.61 Å². The Bertz CT molecular complexity index is 464. The first-order valence-electron chi connectivity index (χ1n) is 10.6. The number of ether oxygens (including phenoxy) is 5. The van der Waals surface area contributed by atoms with Crippen molar-refractivity contribution in [2.75, 3.05) is 33.0 Å². The fraction of sp³-hybridized carbons (Fsp3) is 0.857. The highest BCUT2D eigenvalue weighted by molar-refractivity contribution is 7.25. The minimum absolute atomic E-state index is 0.0431. The van der Waals surface area contributed by atoms with Gasteiger partial charge in [0.05, 0.1) is 19.8 Å². The maximum absolute atomic E-state index is 12.6. The quantitative estimate of drug-likeness (QED) is 0.117. The summed E-state index contributed by atoms with van der Waals surface area (Å²) in [7, 11) is -0.511. The van der Waals surface area contributed by atoms with Crippen LogP contribution in [0.3, 0.4) is 0 Å². The predicted molar refractivity (Wildman–Crippen MR) is 113 cm³/mol. The molecule has 0 N–H and O–H groups in total.